The SMILES string of the molecule is CC(O)CN(CC1CCNCC1)c1ccccc1.Cl. The number of piperidine rings is 1. The van der Waals surface area contributed by atoms with Gasteiger partial charge in [0.2, 0.25) is 0 Å². The van der Waals surface area contributed by atoms with Crippen molar-refractivity contribution in [2.45, 2.75) is 25.9 Å². The van der Waals surface area contributed by atoms with E-state index in [4.69, 9.17) is 0 Å². The molecule has 0 saturated carbocycles. The molecule has 2 rings (SSSR count). The molecular weight excluding hydrogens is 260 g/mol. The monoisotopic (exact) mass is 284 g/mol. The number of para-hydroxylation sites is 1. The van der Waals surface area contributed by atoms with Gasteiger partial charge in [0, 0.05) is 18.8 Å². The molecule has 108 valence electrons. The molecule has 2 N–H and O–H groups in total. The highest BCUT2D eigenvalue weighted by molar-refractivity contribution is 5.85. The van der Waals surface area contributed by atoms with Crippen LogP contribution in [0.25, 0.3) is 0 Å². The number of halogens is 1. The van der Waals surface area contributed by atoms with Gasteiger partial charge in [-0.25, -0.2) is 0 Å². The van der Waals surface area contributed by atoms with E-state index in [2.05, 4.69) is 34.5 Å². The average Bonchev–Trinajstić information content (AvgIpc) is 2.40. The van der Waals surface area contributed by atoms with Crippen molar-refractivity contribution in [3.8, 4) is 0 Å². The standard InChI is InChI=1S/C15H24N2O.ClH/c1-13(18)11-17(15-5-3-2-4-6-15)12-14-7-9-16-10-8-14;/h2-6,13-14,16,18H,7-12H2,1H3;1H. The summed E-state index contributed by atoms with van der Waals surface area (Å²) in [6, 6.07) is 10.4. The second kappa shape index (κ2) is 8.41. The zero-order valence-corrected chi connectivity index (χ0v) is 12.4. The van der Waals surface area contributed by atoms with E-state index in [1.165, 1.54) is 18.5 Å². The topological polar surface area (TPSA) is 35.5 Å². The zero-order chi connectivity index (χ0) is 12.8. The normalized spacial score (nSPS) is 17.6. The molecule has 1 unspecified atom stereocenters. The maximum Gasteiger partial charge on any atom is 0.0687 e. The van der Waals surface area contributed by atoms with Gasteiger partial charge in [-0.05, 0) is 50.9 Å². The van der Waals surface area contributed by atoms with Crippen LogP contribution in [0.5, 0.6) is 0 Å². The Bertz CT molecular complexity index is 339. The van der Waals surface area contributed by atoms with Crippen molar-refractivity contribution in [3.05, 3.63) is 30.3 Å². The molecule has 1 aromatic carbocycles. The summed E-state index contributed by atoms with van der Waals surface area (Å²) in [4.78, 5) is 2.32. The van der Waals surface area contributed by atoms with Crippen LogP contribution >= 0.6 is 12.4 Å². The van der Waals surface area contributed by atoms with Gasteiger partial charge in [-0.15, -0.1) is 12.4 Å². The van der Waals surface area contributed by atoms with E-state index in [1.54, 1.807) is 0 Å². The van der Waals surface area contributed by atoms with Crippen molar-refractivity contribution < 1.29 is 5.11 Å². The Morgan fingerprint density at radius 1 is 1.26 bits per heavy atom. The van der Waals surface area contributed by atoms with Gasteiger partial charge in [-0.2, -0.15) is 0 Å². The quantitative estimate of drug-likeness (QED) is 0.871. The van der Waals surface area contributed by atoms with Crippen LogP contribution < -0.4 is 10.2 Å². The van der Waals surface area contributed by atoms with Gasteiger partial charge >= 0.3 is 0 Å². The van der Waals surface area contributed by atoms with E-state index in [-0.39, 0.29) is 18.5 Å². The molecule has 3 nitrogen and oxygen atoms in total. The summed E-state index contributed by atoms with van der Waals surface area (Å²) in [6.45, 7) is 5.88. The second-order valence-corrected chi connectivity index (χ2v) is 5.28. The summed E-state index contributed by atoms with van der Waals surface area (Å²) in [5.74, 6) is 0.741. The maximum absolute atomic E-state index is 9.66. The Morgan fingerprint density at radius 2 is 1.89 bits per heavy atom. The molecule has 0 bridgehead atoms. The minimum Gasteiger partial charge on any atom is -0.392 e. The number of anilines is 1. The van der Waals surface area contributed by atoms with Gasteiger partial charge < -0.3 is 15.3 Å². The van der Waals surface area contributed by atoms with Crippen LogP contribution in [0.15, 0.2) is 30.3 Å². The Hall–Kier alpha value is -0.770. The molecule has 4 heteroatoms. The van der Waals surface area contributed by atoms with Gasteiger partial charge in [0.15, 0.2) is 0 Å². The highest BCUT2D eigenvalue weighted by Gasteiger charge is 2.18. The summed E-state index contributed by atoms with van der Waals surface area (Å²) in [6.07, 6.45) is 2.19. The summed E-state index contributed by atoms with van der Waals surface area (Å²) in [7, 11) is 0. The summed E-state index contributed by atoms with van der Waals surface area (Å²) >= 11 is 0. The van der Waals surface area contributed by atoms with Crippen LogP contribution in [0.2, 0.25) is 0 Å². The molecule has 0 radical (unpaired) electrons. The number of nitrogens with zero attached hydrogens (tertiary/aromatic N) is 1. The van der Waals surface area contributed by atoms with Crippen LogP contribution in [0.4, 0.5) is 5.69 Å². The third-order valence-electron chi connectivity index (χ3n) is 3.54. The Balaban J connectivity index is 0.00000180. The third-order valence-corrected chi connectivity index (χ3v) is 3.54. The Morgan fingerprint density at radius 3 is 2.47 bits per heavy atom. The predicted octanol–water partition coefficient (Wildman–Crippen LogP) is 2.30. The Labute approximate surface area is 122 Å². The minimum atomic E-state index is -0.285. The van der Waals surface area contributed by atoms with Crippen molar-refractivity contribution in [1.29, 1.82) is 0 Å². The first-order valence-electron chi connectivity index (χ1n) is 6.94. The fourth-order valence-electron chi connectivity index (χ4n) is 2.62. The fraction of sp³-hybridized carbons (Fsp3) is 0.600. The molecule has 0 aromatic heterocycles. The molecule has 1 saturated heterocycles. The molecule has 0 spiro atoms. The first-order valence-corrected chi connectivity index (χ1v) is 6.94. The van der Waals surface area contributed by atoms with Gasteiger partial charge in [0.05, 0.1) is 6.10 Å². The lowest BCUT2D eigenvalue weighted by Gasteiger charge is -2.32. The van der Waals surface area contributed by atoms with E-state index in [1.807, 2.05) is 13.0 Å². The summed E-state index contributed by atoms with van der Waals surface area (Å²) in [5.41, 5.74) is 1.22. The maximum atomic E-state index is 9.66. The molecule has 1 aromatic rings. The third kappa shape index (κ3) is 5.39. The average molecular weight is 285 g/mol. The number of rotatable bonds is 5. The number of benzene rings is 1. The van der Waals surface area contributed by atoms with Crippen LogP contribution in [0, 0.1) is 5.92 Å². The van der Waals surface area contributed by atoms with Gasteiger partial charge in [-0.1, -0.05) is 18.2 Å². The van der Waals surface area contributed by atoms with E-state index in [0.29, 0.717) is 6.54 Å². The van der Waals surface area contributed by atoms with E-state index < -0.39 is 0 Å². The molecule has 0 amide bonds. The first kappa shape index (κ1) is 16.3. The Kier molecular flexibility index (Phi) is 7.21. The van der Waals surface area contributed by atoms with Crippen LogP contribution in [0.3, 0.4) is 0 Å². The number of hydrogen-bond acceptors (Lipinski definition) is 3. The molecule has 1 atom stereocenters. The largest absolute Gasteiger partial charge is 0.392 e. The molecule has 1 aliphatic heterocycles. The van der Waals surface area contributed by atoms with Gasteiger partial charge in [0.25, 0.3) is 0 Å². The van der Waals surface area contributed by atoms with Gasteiger partial charge in [0.1, 0.15) is 0 Å². The van der Waals surface area contributed by atoms with Gasteiger partial charge in [-0.3, -0.25) is 0 Å². The highest BCUT2D eigenvalue weighted by atomic mass is 35.5. The number of hydrogen-bond donors (Lipinski definition) is 2. The summed E-state index contributed by atoms with van der Waals surface area (Å²) < 4.78 is 0. The highest BCUT2D eigenvalue weighted by Crippen LogP contribution is 2.19. The van der Waals surface area contributed by atoms with Crippen molar-refractivity contribution in [1.82, 2.24) is 5.32 Å². The van der Waals surface area contributed by atoms with E-state index in [0.717, 1.165) is 25.6 Å². The van der Waals surface area contributed by atoms with Crippen molar-refractivity contribution in [2.75, 3.05) is 31.1 Å². The number of aliphatic hydroxyl groups is 1. The van der Waals surface area contributed by atoms with Crippen molar-refractivity contribution in [3.63, 3.8) is 0 Å². The molecular formula is C15H25ClN2O. The lowest BCUT2D eigenvalue weighted by atomic mass is 9.97. The fourth-order valence-corrected chi connectivity index (χ4v) is 2.62. The van der Waals surface area contributed by atoms with Crippen molar-refractivity contribution >= 4 is 18.1 Å². The molecule has 19 heavy (non-hydrogen) atoms. The molecule has 1 heterocycles. The van der Waals surface area contributed by atoms with E-state index in [9.17, 15) is 5.11 Å². The minimum absolute atomic E-state index is 0. The van der Waals surface area contributed by atoms with Crippen LogP contribution in [-0.4, -0.2) is 37.4 Å². The van der Waals surface area contributed by atoms with Crippen LogP contribution in [0.1, 0.15) is 19.8 Å². The zero-order valence-electron chi connectivity index (χ0n) is 11.6. The smallest absolute Gasteiger partial charge is 0.0687 e. The number of aliphatic hydroxyl groups excluding tert-OH is 1. The lowest BCUT2D eigenvalue weighted by Crippen LogP contribution is -2.39. The second-order valence-electron chi connectivity index (χ2n) is 5.28. The first-order chi connectivity index (χ1) is 8.75. The molecule has 0 aliphatic carbocycles. The lowest BCUT2D eigenvalue weighted by molar-refractivity contribution is 0.197. The molecule has 1 fully saturated rings. The predicted molar refractivity (Wildman–Crippen MR) is 83.2 cm³/mol. The van der Waals surface area contributed by atoms with Crippen LogP contribution in [-0.2, 0) is 0 Å². The summed E-state index contributed by atoms with van der Waals surface area (Å²) in [5, 5.41) is 13.1. The van der Waals surface area contributed by atoms with E-state index >= 15 is 0 Å². The number of nitrogens with one attached hydrogen (secondary N) is 1. The molecule has 1 aliphatic rings. The van der Waals surface area contributed by atoms with Crippen molar-refractivity contribution in [2.24, 2.45) is 5.92 Å².